The second-order valence-electron chi connectivity index (χ2n) is 4.61. The molecular formula is C15H18N2O3. The smallest absolute Gasteiger partial charge is 0.336 e. The molecule has 1 N–H and O–H groups in total. The zero-order valence-electron chi connectivity index (χ0n) is 11.9. The minimum atomic E-state index is -0.971. The highest BCUT2D eigenvalue weighted by molar-refractivity contribution is 5.96. The van der Waals surface area contributed by atoms with Gasteiger partial charge in [-0.2, -0.15) is 5.10 Å². The maximum atomic E-state index is 11.4. The third-order valence-corrected chi connectivity index (χ3v) is 3.15. The molecule has 0 aliphatic carbocycles. The second kappa shape index (κ2) is 5.77. The molecule has 106 valence electrons. The average molecular weight is 274 g/mol. The summed E-state index contributed by atoms with van der Waals surface area (Å²) in [5.41, 5.74) is 2.56. The molecule has 1 aromatic heterocycles. The molecule has 0 fully saturated rings. The maximum Gasteiger partial charge on any atom is 0.336 e. The molecule has 0 unspecified atom stereocenters. The molecule has 0 atom stereocenters. The summed E-state index contributed by atoms with van der Waals surface area (Å²) in [5.74, 6) is -0.439. The summed E-state index contributed by atoms with van der Waals surface area (Å²) in [6.45, 7) is 4.78. The Morgan fingerprint density at radius 2 is 2.15 bits per heavy atom. The maximum absolute atomic E-state index is 11.4. The molecule has 5 heteroatoms. The van der Waals surface area contributed by atoms with E-state index in [-0.39, 0.29) is 5.56 Å². The Bertz CT molecular complexity index is 632. The largest absolute Gasteiger partial charge is 0.497 e. The van der Waals surface area contributed by atoms with Gasteiger partial charge in [-0.25, -0.2) is 4.79 Å². The monoisotopic (exact) mass is 274 g/mol. The van der Waals surface area contributed by atoms with Gasteiger partial charge in [0.2, 0.25) is 0 Å². The van der Waals surface area contributed by atoms with Gasteiger partial charge in [-0.15, -0.1) is 0 Å². The summed E-state index contributed by atoms with van der Waals surface area (Å²) >= 11 is 0. The number of hydrogen-bond donors (Lipinski definition) is 1. The number of aromatic nitrogens is 2. The number of carboxylic acids is 1. The van der Waals surface area contributed by atoms with Crippen LogP contribution in [0.3, 0.4) is 0 Å². The lowest BCUT2D eigenvalue weighted by Gasteiger charge is -2.07. The van der Waals surface area contributed by atoms with E-state index < -0.39 is 5.97 Å². The Morgan fingerprint density at radius 3 is 2.75 bits per heavy atom. The third-order valence-electron chi connectivity index (χ3n) is 3.15. The Labute approximate surface area is 117 Å². The molecule has 1 aromatic carbocycles. The molecule has 0 spiro atoms. The Morgan fingerprint density at radius 1 is 1.40 bits per heavy atom. The van der Waals surface area contributed by atoms with Crippen molar-refractivity contribution >= 4 is 5.97 Å². The molecule has 0 radical (unpaired) electrons. The van der Waals surface area contributed by atoms with Crippen LogP contribution in [0.25, 0.3) is 11.1 Å². The summed E-state index contributed by atoms with van der Waals surface area (Å²) in [5, 5.41) is 13.8. The van der Waals surface area contributed by atoms with Crippen LogP contribution >= 0.6 is 0 Å². The van der Waals surface area contributed by atoms with Gasteiger partial charge in [-0.05, 0) is 37.1 Å². The first kappa shape index (κ1) is 14.1. The zero-order valence-corrected chi connectivity index (χ0v) is 11.9. The molecule has 1 heterocycles. The predicted molar refractivity (Wildman–Crippen MR) is 76.2 cm³/mol. The number of aromatic carboxylic acids is 1. The van der Waals surface area contributed by atoms with Gasteiger partial charge in [0, 0.05) is 18.3 Å². The van der Waals surface area contributed by atoms with Gasteiger partial charge < -0.3 is 9.84 Å². The van der Waals surface area contributed by atoms with E-state index in [0.717, 1.165) is 24.2 Å². The van der Waals surface area contributed by atoms with E-state index in [2.05, 4.69) is 12.0 Å². The lowest BCUT2D eigenvalue weighted by Crippen LogP contribution is -2.00. The van der Waals surface area contributed by atoms with Gasteiger partial charge in [0.1, 0.15) is 5.75 Å². The molecule has 20 heavy (non-hydrogen) atoms. The van der Waals surface area contributed by atoms with Gasteiger partial charge >= 0.3 is 5.97 Å². The van der Waals surface area contributed by atoms with Gasteiger partial charge in [0.05, 0.1) is 18.4 Å². The molecule has 2 rings (SSSR count). The van der Waals surface area contributed by atoms with Crippen molar-refractivity contribution in [1.29, 1.82) is 0 Å². The van der Waals surface area contributed by atoms with Gasteiger partial charge in [-0.1, -0.05) is 6.92 Å². The number of benzene rings is 1. The van der Waals surface area contributed by atoms with Gasteiger partial charge in [-0.3, -0.25) is 4.68 Å². The van der Waals surface area contributed by atoms with Gasteiger partial charge in [0.15, 0.2) is 0 Å². The highest BCUT2D eigenvalue weighted by Crippen LogP contribution is 2.29. The molecule has 5 nitrogen and oxygen atoms in total. The first-order valence-corrected chi connectivity index (χ1v) is 6.52. The van der Waals surface area contributed by atoms with Crippen LogP contribution in [-0.4, -0.2) is 28.0 Å². The van der Waals surface area contributed by atoms with Crippen LogP contribution in [0.15, 0.2) is 24.4 Å². The van der Waals surface area contributed by atoms with Crippen molar-refractivity contribution in [3.05, 3.63) is 35.7 Å². The standard InChI is InChI=1S/C15H18N2O3/c1-4-7-17-9-14(10(2)16-17)12-6-5-11(20-3)8-13(12)15(18)19/h5-6,8-9H,4,7H2,1-3H3,(H,18,19). The van der Waals surface area contributed by atoms with Crippen molar-refractivity contribution in [3.63, 3.8) is 0 Å². The predicted octanol–water partition coefficient (Wildman–Crippen LogP) is 2.98. The molecule has 0 bridgehead atoms. The number of carboxylic acid groups (broad SMARTS) is 1. The van der Waals surface area contributed by atoms with Crippen molar-refractivity contribution in [2.75, 3.05) is 7.11 Å². The van der Waals surface area contributed by atoms with Crippen LogP contribution in [0.5, 0.6) is 5.75 Å². The first-order valence-electron chi connectivity index (χ1n) is 6.52. The van der Waals surface area contributed by atoms with Crippen LogP contribution < -0.4 is 4.74 Å². The van der Waals surface area contributed by atoms with Crippen molar-refractivity contribution < 1.29 is 14.6 Å². The highest BCUT2D eigenvalue weighted by atomic mass is 16.5. The molecule has 0 saturated carbocycles. The molecular weight excluding hydrogens is 256 g/mol. The van der Waals surface area contributed by atoms with E-state index in [1.807, 2.05) is 17.8 Å². The number of hydrogen-bond acceptors (Lipinski definition) is 3. The summed E-state index contributed by atoms with van der Waals surface area (Å²) in [4.78, 5) is 11.4. The van der Waals surface area contributed by atoms with Crippen molar-refractivity contribution in [2.24, 2.45) is 0 Å². The van der Waals surface area contributed by atoms with E-state index >= 15 is 0 Å². The third kappa shape index (κ3) is 2.66. The number of rotatable bonds is 5. The highest BCUT2D eigenvalue weighted by Gasteiger charge is 2.16. The van der Waals surface area contributed by atoms with E-state index in [1.54, 1.807) is 12.1 Å². The van der Waals surface area contributed by atoms with Crippen molar-refractivity contribution in [2.45, 2.75) is 26.8 Å². The fraction of sp³-hybridized carbons (Fsp3) is 0.333. The summed E-state index contributed by atoms with van der Waals surface area (Å²) in [7, 11) is 1.52. The first-order chi connectivity index (χ1) is 9.56. The fourth-order valence-corrected chi connectivity index (χ4v) is 2.19. The minimum absolute atomic E-state index is 0.225. The summed E-state index contributed by atoms with van der Waals surface area (Å²) in [6, 6.07) is 5.06. The van der Waals surface area contributed by atoms with E-state index in [4.69, 9.17) is 4.74 Å². The van der Waals surface area contributed by atoms with Crippen LogP contribution in [0, 0.1) is 6.92 Å². The number of aryl methyl sites for hydroxylation is 2. The lowest BCUT2D eigenvalue weighted by molar-refractivity contribution is 0.0697. The molecule has 0 aliphatic heterocycles. The lowest BCUT2D eigenvalue weighted by atomic mass is 10.00. The Balaban J connectivity index is 2.54. The molecule has 0 saturated heterocycles. The molecule has 0 aliphatic rings. The Kier molecular flexibility index (Phi) is 4.08. The average Bonchev–Trinajstić information content (AvgIpc) is 2.79. The summed E-state index contributed by atoms with van der Waals surface area (Å²) < 4.78 is 6.93. The normalized spacial score (nSPS) is 10.6. The van der Waals surface area contributed by atoms with E-state index in [1.165, 1.54) is 13.2 Å². The fourth-order valence-electron chi connectivity index (χ4n) is 2.19. The Hall–Kier alpha value is -2.30. The van der Waals surface area contributed by atoms with Crippen molar-refractivity contribution in [1.82, 2.24) is 9.78 Å². The topological polar surface area (TPSA) is 64.3 Å². The van der Waals surface area contributed by atoms with Crippen molar-refractivity contribution in [3.8, 4) is 16.9 Å². The number of methoxy groups -OCH3 is 1. The quantitative estimate of drug-likeness (QED) is 0.910. The SMILES string of the molecule is CCCn1cc(-c2ccc(OC)cc2C(=O)O)c(C)n1. The van der Waals surface area contributed by atoms with Crippen LogP contribution in [0.1, 0.15) is 29.4 Å². The minimum Gasteiger partial charge on any atom is -0.497 e. The molecule has 2 aromatic rings. The zero-order chi connectivity index (χ0) is 14.7. The number of carbonyl (C=O) groups is 1. The van der Waals surface area contributed by atoms with Crippen LogP contribution in [0.2, 0.25) is 0 Å². The second-order valence-corrected chi connectivity index (χ2v) is 4.61. The van der Waals surface area contributed by atoms with E-state index in [0.29, 0.717) is 11.3 Å². The van der Waals surface area contributed by atoms with Gasteiger partial charge in [0.25, 0.3) is 0 Å². The number of nitrogens with zero attached hydrogens (tertiary/aromatic N) is 2. The van der Waals surface area contributed by atoms with Crippen LogP contribution in [-0.2, 0) is 6.54 Å². The van der Waals surface area contributed by atoms with E-state index in [9.17, 15) is 9.90 Å². The van der Waals surface area contributed by atoms with Crippen LogP contribution in [0.4, 0.5) is 0 Å². The molecule has 0 amide bonds. The summed E-state index contributed by atoms with van der Waals surface area (Å²) in [6.07, 6.45) is 2.88. The number of ether oxygens (including phenoxy) is 1.